The molecule has 0 spiro atoms. The molecule has 2 rings (SSSR count). The molecule has 0 unspecified atom stereocenters. The number of ether oxygens (including phenoxy) is 1. The van der Waals surface area contributed by atoms with Crippen molar-refractivity contribution in [2.75, 3.05) is 5.73 Å². The normalized spacial score (nSPS) is 9.88. The van der Waals surface area contributed by atoms with Gasteiger partial charge < -0.3 is 10.5 Å². The van der Waals surface area contributed by atoms with Gasteiger partial charge >= 0.3 is 5.97 Å². The van der Waals surface area contributed by atoms with E-state index in [1.807, 2.05) is 6.07 Å². The third-order valence-corrected chi connectivity index (χ3v) is 2.07. The lowest BCUT2D eigenvalue weighted by atomic mass is 10.3. The molecule has 5 heteroatoms. The van der Waals surface area contributed by atoms with Crippen molar-refractivity contribution in [2.24, 2.45) is 0 Å². The highest BCUT2D eigenvalue weighted by Gasteiger charge is 2.08. The highest BCUT2D eigenvalue weighted by Crippen LogP contribution is 2.04. The molecule has 0 aromatic carbocycles. The van der Waals surface area contributed by atoms with Crippen molar-refractivity contribution in [1.29, 1.82) is 0 Å². The first kappa shape index (κ1) is 11.1. The first-order valence-electron chi connectivity index (χ1n) is 5.04. The first-order valence-corrected chi connectivity index (χ1v) is 5.04. The second-order valence-electron chi connectivity index (χ2n) is 3.37. The van der Waals surface area contributed by atoms with Gasteiger partial charge in [-0.15, -0.1) is 0 Å². The summed E-state index contributed by atoms with van der Waals surface area (Å²) in [5, 5.41) is 0. The minimum absolute atomic E-state index is 0.131. The molecule has 0 fully saturated rings. The molecule has 0 bridgehead atoms. The number of aromatic nitrogens is 2. The Morgan fingerprint density at radius 2 is 2.12 bits per heavy atom. The number of nitrogens with zero attached hydrogens (tertiary/aromatic N) is 2. The van der Waals surface area contributed by atoms with Crippen LogP contribution in [0, 0.1) is 0 Å². The van der Waals surface area contributed by atoms with E-state index in [9.17, 15) is 4.79 Å². The number of hydrogen-bond acceptors (Lipinski definition) is 5. The van der Waals surface area contributed by atoms with Crippen LogP contribution >= 0.6 is 0 Å². The third-order valence-electron chi connectivity index (χ3n) is 2.07. The fourth-order valence-corrected chi connectivity index (χ4v) is 1.22. The fourth-order valence-electron chi connectivity index (χ4n) is 1.22. The summed E-state index contributed by atoms with van der Waals surface area (Å²) in [6, 6.07) is 8.54. The lowest BCUT2D eigenvalue weighted by Gasteiger charge is -2.03. The zero-order valence-electron chi connectivity index (χ0n) is 9.04. The maximum atomic E-state index is 11.6. The van der Waals surface area contributed by atoms with E-state index in [4.69, 9.17) is 10.5 Å². The summed E-state index contributed by atoms with van der Waals surface area (Å²) in [5.74, 6) is -0.490. The molecule has 0 aliphatic carbocycles. The topological polar surface area (TPSA) is 78.1 Å². The molecular weight excluding hydrogens is 218 g/mol. The smallest absolute Gasteiger partial charge is 0.357 e. The van der Waals surface area contributed by atoms with Crippen LogP contribution in [0.15, 0.2) is 42.7 Å². The second kappa shape index (κ2) is 5.07. The van der Waals surface area contributed by atoms with Crippen molar-refractivity contribution in [2.45, 2.75) is 6.61 Å². The Bertz CT molecular complexity index is 497. The summed E-state index contributed by atoms with van der Waals surface area (Å²) in [7, 11) is 0. The molecule has 0 aliphatic heterocycles. The van der Waals surface area contributed by atoms with Gasteiger partial charge in [-0.2, -0.15) is 0 Å². The van der Waals surface area contributed by atoms with E-state index in [0.29, 0.717) is 11.4 Å². The van der Waals surface area contributed by atoms with Crippen LogP contribution in [0.3, 0.4) is 0 Å². The molecule has 0 radical (unpaired) electrons. The van der Waals surface area contributed by atoms with Crippen LogP contribution in [0.2, 0.25) is 0 Å². The van der Waals surface area contributed by atoms with E-state index in [2.05, 4.69) is 9.97 Å². The predicted octanol–water partition coefficient (Wildman–Crippen LogP) is 1.42. The Balaban J connectivity index is 1.96. The van der Waals surface area contributed by atoms with Crippen molar-refractivity contribution in [3.05, 3.63) is 54.1 Å². The summed E-state index contributed by atoms with van der Waals surface area (Å²) >= 11 is 0. The number of rotatable bonds is 3. The largest absolute Gasteiger partial charge is 0.454 e. The average molecular weight is 229 g/mol. The van der Waals surface area contributed by atoms with E-state index in [0.717, 1.165) is 0 Å². The molecule has 0 saturated heterocycles. The van der Waals surface area contributed by atoms with Crippen molar-refractivity contribution >= 4 is 11.7 Å². The number of anilines is 1. The van der Waals surface area contributed by atoms with E-state index in [-0.39, 0.29) is 12.3 Å². The van der Waals surface area contributed by atoms with Crippen LogP contribution in [-0.2, 0) is 11.3 Å². The van der Waals surface area contributed by atoms with Gasteiger partial charge in [0.1, 0.15) is 12.3 Å². The Hall–Kier alpha value is -2.43. The van der Waals surface area contributed by atoms with E-state index < -0.39 is 5.97 Å². The van der Waals surface area contributed by atoms with Crippen molar-refractivity contribution in [3.8, 4) is 0 Å². The van der Waals surface area contributed by atoms with E-state index >= 15 is 0 Å². The monoisotopic (exact) mass is 229 g/mol. The van der Waals surface area contributed by atoms with Crippen LogP contribution in [-0.4, -0.2) is 15.9 Å². The molecule has 5 nitrogen and oxygen atoms in total. The summed E-state index contributed by atoms with van der Waals surface area (Å²) in [6.45, 7) is 0.131. The van der Waals surface area contributed by atoms with E-state index in [1.54, 1.807) is 24.4 Å². The number of nitrogen functional groups attached to an aromatic ring is 1. The number of carbonyl (C=O) groups excluding carboxylic acids is 1. The molecule has 0 atom stereocenters. The maximum absolute atomic E-state index is 11.6. The van der Waals surface area contributed by atoms with Crippen LogP contribution in [0.1, 0.15) is 16.2 Å². The Kier molecular flexibility index (Phi) is 3.30. The van der Waals surface area contributed by atoms with Gasteiger partial charge in [0.05, 0.1) is 17.6 Å². The molecule has 2 aromatic rings. The zero-order chi connectivity index (χ0) is 12.1. The molecule has 0 amide bonds. The number of carbonyl (C=O) groups is 1. The van der Waals surface area contributed by atoms with Gasteiger partial charge in [0.2, 0.25) is 0 Å². The fraction of sp³-hybridized carbons (Fsp3) is 0.0833. The van der Waals surface area contributed by atoms with Gasteiger partial charge in [-0.1, -0.05) is 6.07 Å². The van der Waals surface area contributed by atoms with Crippen LogP contribution in [0.4, 0.5) is 5.69 Å². The van der Waals surface area contributed by atoms with Gasteiger partial charge in [0, 0.05) is 6.20 Å². The highest BCUT2D eigenvalue weighted by atomic mass is 16.5. The van der Waals surface area contributed by atoms with Crippen LogP contribution < -0.4 is 5.73 Å². The van der Waals surface area contributed by atoms with Crippen molar-refractivity contribution in [1.82, 2.24) is 9.97 Å². The summed E-state index contributed by atoms with van der Waals surface area (Å²) < 4.78 is 5.05. The van der Waals surface area contributed by atoms with Crippen LogP contribution in [0.25, 0.3) is 0 Å². The number of esters is 1. The molecule has 2 N–H and O–H groups in total. The first-order chi connectivity index (χ1) is 8.25. The second-order valence-corrected chi connectivity index (χ2v) is 3.37. The molecule has 17 heavy (non-hydrogen) atoms. The predicted molar refractivity (Wildman–Crippen MR) is 62.0 cm³/mol. The van der Waals surface area contributed by atoms with E-state index in [1.165, 1.54) is 12.3 Å². The average Bonchev–Trinajstić information content (AvgIpc) is 2.38. The number of nitrogens with two attached hydrogens (primary N) is 1. The lowest BCUT2D eigenvalue weighted by molar-refractivity contribution is 0.0461. The molecule has 0 saturated carbocycles. The van der Waals surface area contributed by atoms with Gasteiger partial charge in [-0.25, -0.2) is 9.78 Å². The summed E-state index contributed by atoms with van der Waals surface area (Å²) in [5.41, 5.74) is 6.90. The Morgan fingerprint density at radius 1 is 1.24 bits per heavy atom. The molecule has 86 valence electrons. The Morgan fingerprint density at radius 3 is 2.76 bits per heavy atom. The summed E-state index contributed by atoms with van der Waals surface area (Å²) in [6.07, 6.45) is 3.06. The highest BCUT2D eigenvalue weighted by molar-refractivity contribution is 5.87. The third kappa shape index (κ3) is 3.01. The standard InChI is InChI=1S/C12H11N3O2/c13-9-4-5-11(15-7-9)12(16)17-8-10-3-1-2-6-14-10/h1-7H,8,13H2. The van der Waals surface area contributed by atoms with Crippen LogP contribution in [0.5, 0.6) is 0 Å². The van der Waals surface area contributed by atoms with Crippen molar-refractivity contribution in [3.63, 3.8) is 0 Å². The quantitative estimate of drug-likeness (QED) is 0.805. The molecule has 0 aliphatic rings. The maximum Gasteiger partial charge on any atom is 0.357 e. The molecule has 2 heterocycles. The van der Waals surface area contributed by atoms with Crippen molar-refractivity contribution < 1.29 is 9.53 Å². The molecular formula is C12H11N3O2. The van der Waals surface area contributed by atoms with Gasteiger partial charge in [0.15, 0.2) is 0 Å². The molecule has 2 aromatic heterocycles. The lowest BCUT2D eigenvalue weighted by Crippen LogP contribution is -2.08. The zero-order valence-corrected chi connectivity index (χ0v) is 9.04. The van der Waals surface area contributed by atoms with Gasteiger partial charge in [-0.05, 0) is 24.3 Å². The SMILES string of the molecule is Nc1ccc(C(=O)OCc2ccccn2)nc1. The summed E-state index contributed by atoms with van der Waals surface area (Å²) in [4.78, 5) is 19.5. The van der Waals surface area contributed by atoms with Gasteiger partial charge in [0.25, 0.3) is 0 Å². The van der Waals surface area contributed by atoms with Gasteiger partial charge in [-0.3, -0.25) is 4.98 Å². The minimum Gasteiger partial charge on any atom is -0.454 e. The number of pyridine rings is 2. The number of hydrogen-bond donors (Lipinski definition) is 1. The Labute approximate surface area is 98.3 Å². The minimum atomic E-state index is -0.490.